The second-order valence-corrected chi connectivity index (χ2v) is 6.48. The van der Waals surface area contributed by atoms with Crippen LogP contribution >= 0.6 is 0 Å². The predicted molar refractivity (Wildman–Crippen MR) is 75.6 cm³/mol. The largest absolute Gasteiger partial charge is 0.393 e. The van der Waals surface area contributed by atoms with Gasteiger partial charge in [0.05, 0.1) is 11.5 Å². The summed E-state index contributed by atoms with van der Waals surface area (Å²) in [6, 6.07) is 0. The number of nitrogens with zero attached hydrogens (tertiary/aromatic N) is 1. The van der Waals surface area contributed by atoms with Gasteiger partial charge in [-0.1, -0.05) is 32.6 Å². The number of rotatable bonds is 2. The molecule has 1 amide bonds. The first kappa shape index (κ1) is 14.8. The molecule has 2 fully saturated rings. The Morgan fingerprint density at radius 2 is 1.95 bits per heavy atom. The topological polar surface area (TPSA) is 66.6 Å². The maximum absolute atomic E-state index is 12.9. The van der Waals surface area contributed by atoms with Crippen molar-refractivity contribution in [1.82, 2.24) is 4.90 Å². The molecule has 0 spiro atoms. The second kappa shape index (κ2) is 6.23. The molecule has 4 nitrogen and oxygen atoms in total. The van der Waals surface area contributed by atoms with E-state index in [2.05, 4.69) is 0 Å². The normalized spacial score (nSPS) is 31.8. The molecule has 3 N–H and O–H groups in total. The molecule has 2 unspecified atom stereocenters. The van der Waals surface area contributed by atoms with Gasteiger partial charge in [0.15, 0.2) is 0 Å². The molecular weight excluding hydrogens is 240 g/mol. The third-order valence-electron chi connectivity index (χ3n) is 5.05. The smallest absolute Gasteiger partial charge is 0.230 e. The quantitative estimate of drug-likeness (QED) is 0.746. The number of piperidine rings is 1. The summed E-state index contributed by atoms with van der Waals surface area (Å²) >= 11 is 0. The van der Waals surface area contributed by atoms with Crippen molar-refractivity contribution in [3.05, 3.63) is 0 Å². The van der Waals surface area contributed by atoms with Crippen molar-refractivity contribution in [2.24, 2.45) is 17.1 Å². The molecule has 0 aromatic rings. The van der Waals surface area contributed by atoms with Gasteiger partial charge in [-0.2, -0.15) is 0 Å². The van der Waals surface area contributed by atoms with Crippen LogP contribution in [0.1, 0.15) is 51.9 Å². The molecule has 2 atom stereocenters. The molecule has 2 rings (SSSR count). The molecule has 110 valence electrons. The molecule has 1 heterocycles. The Morgan fingerprint density at radius 1 is 1.32 bits per heavy atom. The van der Waals surface area contributed by atoms with Crippen molar-refractivity contribution >= 4 is 5.91 Å². The maximum Gasteiger partial charge on any atom is 0.230 e. The standard InChI is InChI=1S/C15H28N2O2/c1-12-10-17(9-6-13(12)18)14(19)15(11-16)7-4-2-3-5-8-15/h12-13,18H,2-11,16H2,1H3. The molecule has 1 aliphatic carbocycles. The number of aliphatic hydroxyl groups excluding tert-OH is 1. The summed E-state index contributed by atoms with van der Waals surface area (Å²) in [4.78, 5) is 14.8. The molecule has 1 saturated carbocycles. The van der Waals surface area contributed by atoms with Crippen molar-refractivity contribution in [3.8, 4) is 0 Å². The zero-order valence-corrected chi connectivity index (χ0v) is 12.1. The minimum atomic E-state index is -0.321. The molecule has 2 aliphatic rings. The van der Waals surface area contributed by atoms with Gasteiger partial charge in [-0.15, -0.1) is 0 Å². The third-order valence-corrected chi connectivity index (χ3v) is 5.05. The fraction of sp³-hybridized carbons (Fsp3) is 0.933. The number of nitrogens with two attached hydrogens (primary N) is 1. The van der Waals surface area contributed by atoms with E-state index in [4.69, 9.17) is 5.73 Å². The SMILES string of the molecule is CC1CN(C(=O)C2(CN)CCCCCC2)CCC1O. The Kier molecular flexibility index (Phi) is 4.85. The first-order valence-electron chi connectivity index (χ1n) is 7.76. The summed E-state index contributed by atoms with van der Waals surface area (Å²) < 4.78 is 0. The van der Waals surface area contributed by atoms with Gasteiger partial charge < -0.3 is 15.7 Å². The monoisotopic (exact) mass is 268 g/mol. The van der Waals surface area contributed by atoms with Gasteiger partial charge in [0.25, 0.3) is 0 Å². The number of carbonyl (C=O) groups excluding carboxylic acids is 1. The van der Waals surface area contributed by atoms with Gasteiger partial charge in [0.2, 0.25) is 5.91 Å². The number of amides is 1. The van der Waals surface area contributed by atoms with E-state index in [1.165, 1.54) is 12.8 Å². The summed E-state index contributed by atoms with van der Waals surface area (Å²) in [5, 5.41) is 9.79. The van der Waals surface area contributed by atoms with E-state index >= 15 is 0 Å². The van der Waals surface area contributed by atoms with E-state index in [1.54, 1.807) is 0 Å². The molecule has 0 radical (unpaired) electrons. The first-order chi connectivity index (χ1) is 9.09. The van der Waals surface area contributed by atoms with E-state index in [0.29, 0.717) is 26.1 Å². The van der Waals surface area contributed by atoms with Gasteiger partial charge in [-0.05, 0) is 25.2 Å². The number of carbonyl (C=O) groups is 1. The van der Waals surface area contributed by atoms with E-state index in [0.717, 1.165) is 25.7 Å². The number of likely N-dealkylation sites (tertiary alicyclic amines) is 1. The van der Waals surface area contributed by atoms with Crippen LogP contribution in [0.4, 0.5) is 0 Å². The highest BCUT2D eigenvalue weighted by Crippen LogP contribution is 2.37. The highest BCUT2D eigenvalue weighted by Gasteiger charge is 2.41. The van der Waals surface area contributed by atoms with Gasteiger partial charge >= 0.3 is 0 Å². The number of hydrogen-bond acceptors (Lipinski definition) is 3. The zero-order chi connectivity index (χ0) is 13.9. The van der Waals surface area contributed by atoms with Crippen molar-refractivity contribution in [3.63, 3.8) is 0 Å². The van der Waals surface area contributed by atoms with Crippen LogP contribution in [0.15, 0.2) is 0 Å². The average molecular weight is 268 g/mol. The van der Waals surface area contributed by atoms with Crippen LogP contribution in [-0.4, -0.2) is 41.7 Å². The summed E-state index contributed by atoms with van der Waals surface area (Å²) in [5.74, 6) is 0.425. The van der Waals surface area contributed by atoms with Crippen molar-refractivity contribution in [1.29, 1.82) is 0 Å². The van der Waals surface area contributed by atoms with Crippen LogP contribution in [0.3, 0.4) is 0 Å². The molecule has 0 aromatic heterocycles. The molecule has 19 heavy (non-hydrogen) atoms. The fourth-order valence-electron chi connectivity index (χ4n) is 3.56. The molecule has 1 aliphatic heterocycles. The Hall–Kier alpha value is -0.610. The van der Waals surface area contributed by atoms with E-state index in [1.807, 2.05) is 11.8 Å². The number of hydrogen-bond donors (Lipinski definition) is 2. The average Bonchev–Trinajstić information content (AvgIpc) is 2.67. The van der Waals surface area contributed by atoms with Crippen LogP contribution in [0.2, 0.25) is 0 Å². The molecule has 4 heteroatoms. The van der Waals surface area contributed by atoms with Gasteiger partial charge in [-0.3, -0.25) is 4.79 Å². The van der Waals surface area contributed by atoms with E-state index in [9.17, 15) is 9.90 Å². The Balaban J connectivity index is 2.07. The van der Waals surface area contributed by atoms with Crippen molar-refractivity contribution in [2.45, 2.75) is 58.0 Å². The lowest BCUT2D eigenvalue weighted by molar-refractivity contribution is -0.146. The summed E-state index contributed by atoms with van der Waals surface area (Å²) in [6.45, 7) is 3.86. The predicted octanol–water partition coefficient (Wildman–Crippen LogP) is 1.51. The third kappa shape index (κ3) is 3.11. The lowest BCUT2D eigenvalue weighted by Crippen LogP contribution is -2.53. The highest BCUT2D eigenvalue weighted by atomic mass is 16.3. The van der Waals surface area contributed by atoms with Crippen molar-refractivity contribution in [2.75, 3.05) is 19.6 Å². The Bertz CT molecular complexity index is 311. The summed E-state index contributed by atoms with van der Waals surface area (Å²) in [6.07, 6.45) is 7.02. The summed E-state index contributed by atoms with van der Waals surface area (Å²) in [7, 11) is 0. The van der Waals surface area contributed by atoms with Crippen LogP contribution in [0, 0.1) is 11.3 Å². The summed E-state index contributed by atoms with van der Waals surface area (Å²) in [5.41, 5.74) is 5.66. The zero-order valence-electron chi connectivity index (χ0n) is 12.1. The molecule has 0 aromatic carbocycles. The Labute approximate surface area is 116 Å². The van der Waals surface area contributed by atoms with E-state index in [-0.39, 0.29) is 23.3 Å². The van der Waals surface area contributed by atoms with Gasteiger partial charge in [0.1, 0.15) is 0 Å². The van der Waals surface area contributed by atoms with Crippen molar-refractivity contribution < 1.29 is 9.90 Å². The van der Waals surface area contributed by atoms with E-state index < -0.39 is 0 Å². The molecule has 1 saturated heterocycles. The van der Waals surface area contributed by atoms with Crippen LogP contribution in [0.5, 0.6) is 0 Å². The van der Waals surface area contributed by atoms with Crippen LogP contribution in [0.25, 0.3) is 0 Å². The minimum Gasteiger partial charge on any atom is -0.393 e. The second-order valence-electron chi connectivity index (χ2n) is 6.48. The fourth-order valence-corrected chi connectivity index (χ4v) is 3.56. The number of aliphatic hydroxyl groups is 1. The first-order valence-corrected chi connectivity index (χ1v) is 7.76. The minimum absolute atomic E-state index is 0.179. The molecule has 0 bridgehead atoms. The highest BCUT2D eigenvalue weighted by molar-refractivity contribution is 5.83. The van der Waals surface area contributed by atoms with Gasteiger partial charge in [-0.25, -0.2) is 0 Å². The van der Waals surface area contributed by atoms with Gasteiger partial charge in [0, 0.05) is 19.6 Å². The van der Waals surface area contributed by atoms with Crippen LogP contribution < -0.4 is 5.73 Å². The van der Waals surface area contributed by atoms with Crippen LogP contribution in [-0.2, 0) is 4.79 Å². The lowest BCUT2D eigenvalue weighted by atomic mass is 9.78. The lowest BCUT2D eigenvalue weighted by Gasteiger charge is -2.41. The molecular formula is C15H28N2O2. The Morgan fingerprint density at radius 3 is 2.47 bits per heavy atom. The maximum atomic E-state index is 12.9.